The minimum atomic E-state index is -3.03. The van der Waals surface area contributed by atoms with E-state index >= 15 is 0 Å². The zero-order valence-electron chi connectivity index (χ0n) is 13.3. The van der Waals surface area contributed by atoms with E-state index in [1.54, 1.807) is 0 Å². The average Bonchev–Trinajstić information content (AvgIpc) is 2.77. The summed E-state index contributed by atoms with van der Waals surface area (Å²) >= 11 is 0. The van der Waals surface area contributed by atoms with E-state index in [4.69, 9.17) is 0 Å². The smallest absolute Gasteiger partial charge is 0.222 e. The van der Waals surface area contributed by atoms with E-state index in [-0.39, 0.29) is 35.8 Å². The molecule has 1 fully saturated rings. The number of carbonyl (C=O) groups excluding carboxylic acids is 2. The van der Waals surface area contributed by atoms with Gasteiger partial charge in [0.2, 0.25) is 11.8 Å². The lowest BCUT2D eigenvalue weighted by Crippen LogP contribution is -2.38. The van der Waals surface area contributed by atoms with Crippen molar-refractivity contribution in [2.75, 3.05) is 11.5 Å². The van der Waals surface area contributed by atoms with Crippen LogP contribution in [-0.2, 0) is 19.4 Å². The van der Waals surface area contributed by atoms with Gasteiger partial charge in [0, 0.05) is 13.0 Å². The summed E-state index contributed by atoms with van der Waals surface area (Å²) in [5.74, 6) is -0.364. The number of rotatable bonds is 5. The van der Waals surface area contributed by atoms with Crippen molar-refractivity contribution in [3.05, 3.63) is 35.4 Å². The SMILES string of the molecule is CC(=O)N[C@H](CC(=O)N[C@H]1CCS(=O)(=O)C1)c1ccc(C)cc1. The van der Waals surface area contributed by atoms with E-state index in [1.807, 2.05) is 31.2 Å². The Hall–Kier alpha value is -1.89. The minimum absolute atomic E-state index is 0.00588. The fourth-order valence-corrected chi connectivity index (χ4v) is 4.35. The molecule has 2 N–H and O–H groups in total. The van der Waals surface area contributed by atoms with Gasteiger partial charge in [0.15, 0.2) is 9.84 Å². The van der Waals surface area contributed by atoms with Crippen molar-refractivity contribution in [3.8, 4) is 0 Å². The van der Waals surface area contributed by atoms with Crippen LogP contribution in [0.25, 0.3) is 0 Å². The molecule has 1 aromatic carbocycles. The molecule has 126 valence electrons. The number of carbonyl (C=O) groups is 2. The van der Waals surface area contributed by atoms with Gasteiger partial charge >= 0.3 is 0 Å². The lowest BCUT2D eigenvalue weighted by Gasteiger charge is -2.19. The molecule has 7 heteroatoms. The summed E-state index contributed by atoms with van der Waals surface area (Å²) in [7, 11) is -3.03. The minimum Gasteiger partial charge on any atom is -0.352 e. The highest BCUT2D eigenvalue weighted by Gasteiger charge is 2.29. The average molecular weight is 338 g/mol. The first-order valence-electron chi connectivity index (χ1n) is 7.58. The van der Waals surface area contributed by atoms with Gasteiger partial charge in [-0.3, -0.25) is 9.59 Å². The molecule has 1 aromatic rings. The zero-order valence-corrected chi connectivity index (χ0v) is 14.2. The van der Waals surface area contributed by atoms with Gasteiger partial charge < -0.3 is 10.6 Å². The Morgan fingerprint density at radius 2 is 1.91 bits per heavy atom. The Kier molecular flexibility index (Phi) is 5.41. The molecule has 0 aliphatic carbocycles. The zero-order chi connectivity index (χ0) is 17.0. The molecule has 1 aliphatic rings. The molecule has 1 heterocycles. The van der Waals surface area contributed by atoms with Crippen LogP contribution < -0.4 is 10.6 Å². The molecule has 2 atom stereocenters. The van der Waals surface area contributed by atoms with Crippen LogP contribution in [0.1, 0.15) is 36.9 Å². The first-order valence-corrected chi connectivity index (χ1v) is 9.41. The summed E-state index contributed by atoms with van der Waals surface area (Å²) in [6, 6.07) is 6.85. The third kappa shape index (κ3) is 5.35. The number of sulfone groups is 1. The van der Waals surface area contributed by atoms with Crippen molar-refractivity contribution < 1.29 is 18.0 Å². The van der Waals surface area contributed by atoms with Crippen LogP contribution in [0.3, 0.4) is 0 Å². The van der Waals surface area contributed by atoms with Crippen LogP contribution in [0, 0.1) is 6.92 Å². The predicted octanol–water partition coefficient (Wildman–Crippen LogP) is 0.866. The number of hydrogen-bond acceptors (Lipinski definition) is 4. The Morgan fingerprint density at radius 1 is 1.26 bits per heavy atom. The molecule has 0 radical (unpaired) electrons. The van der Waals surface area contributed by atoms with E-state index in [9.17, 15) is 18.0 Å². The highest BCUT2D eigenvalue weighted by Crippen LogP contribution is 2.18. The second-order valence-corrected chi connectivity index (χ2v) is 8.26. The summed E-state index contributed by atoms with van der Waals surface area (Å²) in [5, 5.41) is 5.52. The predicted molar refractivity (Wildman–Crippen MR) is 87.6 cm³/mol. The van der Waals surface area contributed by atoms with Crippen molar-refractivity contribution in [1.82, 2.24) is 10.6 Å². The van der Waals surface area contributed by atoms with Crippen LogP contribution in [-0.4, -0.2) is 37.8 Å². The van der Waals surface area contributed by atoms with Crippen molar-refractivity contribution in [1.29, 1.82) is 0 Å². The quantitative estimate of drug-likeness (QED) is 0.833. The van der Waals surface area contributed by atoms with E-state index in [2.05, 4.69) is 10.6 Å². The number of nitrogens with one attached hydrogen (secondary N) is 2. The largest absolute Gasteiger partial charge is 0.352 e. The molecule has 2 rings (SSSR count). The van der Waals surface area contributed by atoms with E-state index in [0.29, 0.717) is 6.42 Å². The van der Waals surface area contributed by atoms with Gasteiger partial charge in [-0.1, -0.05) is 29.8 Å². The molecule has 1 saturated heterocycles. The van der Waals surface area contributed by atoms with Crippen LogP contribution in [0.15, 0.2) is 24.3 Å². The molecule has 0 saturated carbocycles. The second-order valence-electron chi connectivity index (χ2n) is 6.04. The van der Waals surface area contributed by atoms with E-state index in [1.165, 1.54) is 6.92 Å². The molecular weight excluding hydrogens is 316 g/mol. The van der Waals surface area contributed by atoms with Crippen LogP contribution >= 0.6 is 0 Å². The highest BCUT2D eigenvalue weighted by molar-refractivity contribution is 7.91. The lowest BCUT2D eigenvalue weighted by atomic mass is 10.0. The summed E-state index contributed by atoms with van der Waals surface area (Å²) < 4.78 is 22.9. The molecule has 1 aliphatic heterocycles. The van der Waals surface area contributed by atoms with Gasteiger partial charge in [0.25, 0.3) is 0 Å². The summed E-state index contributed by atoms with van der Waals surface area (Å²) in [6.07, 6.45) is 0.530. The Morgan fingerprint density at radius 3 is 2.43 bits per heavy atom. The number of aryl methyl sites for hydroxylation is 1. The molecule has 2 amide bonds. The molecule has 0 aromatic heterocycles. The lowest BCUT2D eigenvalue weighted by molar-refractivity contribution is -0.123. The topological polar surface area (TPSA) is 92.3 Å². The maximum absolute atomic E-state index is 12.2. The van der Waals surface area contributed by atoms with Crippen LogP contribution in [0.4, 0.5) is 0 Å². The molecule has 0 unspecified atom stereocenters. The third-order valence-electron chi connectivity index (χ3n) is 3.84. The number of amides is 2. The Bertz CT molecular complexity index is 683. The van der Waals surface area contributed by atoms with Gasteiger partial charge in [-0.2, -0.15) is 0 Å². The van der Waals surface area contributed by atoms with E-state index in [0.717, 1.165) is 11.1 Å². The van der Waals surface area contributed by atoms with Crippen molar-refractivity contribution in [2.45, 2.75) is 38.8 Å². The third-order valence-corrected chi connectivity index (χ3v) is 5.61. The maximum Gasteiger partial charge on any atom is 0.222 e. The second kappa shape index (κ2) is 7.12. The molecule has 0 spiro atoms. The monoisotopic (exact) mass is 338 g/mol. The van der Waals surface area contributed by atoms with Gasteiger partial charge in [-0.05, 0) is 18.9 Å². The van der Waals surface area contributed by atoms with Crippen molar-refractivity contribution in [3.63, 3.8) is 0 Å². The highest BCUT2D eigenvalue weighted by atomic mass is 32.2. The normalized spacial score (nSPS) is 20.7. The molecular formula is C16H22N2O4S. The van der Waals surface area contributed by atoms with Crippen LogP contribution in [0.2, 0.25) is 0 Å². The standard InChI is InChI=1S/C16H22N2O4S/c1-11-3-5-13(6-4-11)15(17-12(2)19)9-16(20)18-14-7-8-23(21,22)10-14/h3-6,14-15H,7-10H2,1-2H3,(H,17,19)(H,18,20)/t14-,15+/m0/s1. The summed E-state index contributed by atoms with van der Waals surface area (Å²) in [6.45, 7) is 3.37. The summed E-state index contributed by atoms with van der Waals surface area (Å²) in [4.78, 5) is 23.6. The van der Waals surface area contributed by atoms with Gasteiger partial charge in [0.05, 0.1) is 24.0 Å². The summed E-state index contributed by atoms with van der Waals surface area (Å²) in [5.41, 5.74) is 1.94. The van der Waals surface area contributed by atoms with Gasteiger partial charge in [0.1, 0.15) is 0 Å². The van der Waals surface area contributed by atoms with Crippen molar-refractivity contribution in [2.24, 2.45) is 0 Å². The van der Waals surface area contributed by atoms with Crippen molar-refractivity contribution >= 4 is 21.7 Å². The number of hydrogen-bond donors (Lipinski definition) is 2. The van der Waals surface area contributed by atoms with E-state index < -0.39 is 15.9 Å². The Labute approximate surface area is 136 Å². The fourth-order valence-electron chi connectivity index (χ4n) is 2.68. The fraction of sp³-hybridized carbons (Fsp3) is 0.500. The van der Waals surface area contributed by atoms with Gasteiger partial charge in [-0.25, -0.2) is 8.42 Å². The molecule has 0 bridgehead atoms. The maximum atomic E-state index is 12.2. The first-order chi connectivity index (χ1) is 10.7. The van der Waals surface area contributed by atoms with Crippen LogP contribution in [0.5, 0.6) is 0 Å². The molecule has 6 nitrogen and oxygen atoms in total. The van der Waals surface area contributed by atoms with Gasteiger partial charge in [-0.15, -0.1) is 0 Å². The Balaban J connectivity index is 2.01. The molecule has 23 heavy (non-hydrogen) atoms. The first kappa shape index (κ1) is 17.5. The number of benzene rings is 1.